The highest BCUT2D eigenvalue weighted by Gasteiger charge is 2.13. The van der Waals surface area contributed by atoms with Crippen molar-refractivity contribution >= 4 is 9.24 Å². The number of rotatable bonds is 0. The first kappa shape index (κ1) is 7.62. The van der Waals surface area contributed by atoms with Crippen molar-refractivity contribution in [1.82, 2.24) is 0 Å². The molecular weight excluding hydrogens is 153 g/mol. The van der Waals surface area contributed by atoms with E-state index in [-0.39, 0.29) is 11.7 Å². The fourth-order valence-corrected chi connectivity index (χ4v) is 0.918. The minimum absolute atomic E-state index is 0.0207. The maximum Gasteiger partial charge on any atom is 0.133 e. The summed E-state index contributed by atoms with van der Waals surface area (Å²) in [6.07, 6.45) is 1.37. The van der Waals surface area contributed by atoms with Crippen molar-refractivity contribution in [1.29, 1.82) is 0 Å². The summed E-state index contributed by atoms with van der Waals surface area (Å²) in [5.41, 5.74) is 0.473. The highest BCUT2D eigenvalue weighted by molar-refractivity contribution is 7.23. The number of allylic oxidation sites excluding steroid dienone is 5. The van der Waals surface area contributed by atoms with Gasteiger partial charge in [0.05, 0.1) is 0 Å². The average molecular weight is 160 g/mol. The van der Waals surface area contributed by atoms with Crippen molar-refractivity contribution in [3.8, 4) is 0 Å². The molecule has 1 atom stereocenters. The molecule has 0 amide bonds. The molecule has 0 aromatic carbocycles. The highest BCUT2D eigenvalue weighted by atomic mass is 31.0. The number of hydrogen-bond donors (Lipinski definition) is 0. The molecule has 0 aliphatic heterocycles. The molecule has 0 heterocycles. The second-order valence-corrected chi connectivity index (χ2v) is 2.72. The van der Waals surface area contributed by atoms with Crippen LogP contribution in [0.5, 0.6) is 0 Å². The quantitative estimate of drug-likeness (QED) is 0.478. The number of hydrogen-bond acceptors (Lipinski definition) is 0. The van der Waals surface area contributed by atoms with Gasteiger partial charge in [-0.3, -0.25) is 0 Å². The monoisotopic (exact) mass is 160 g/mol. The Kier molecular flexibility index (Phi) is 2.00. The summed E-state index contributed by atoms with van der Waals surface area (Å²) in [7, 11) is 2.02. The van der Waals surface area contributed by atoms with Crippen LogP contribution in [0.1, 0.15) is 6.42 Å². The van der Waals surface area contributed by atoms with E-state index in [0.29, 0.717) is 5.57 Å². The first-order chi connectivity index (χ1) is 4.61. The van der Waals surface area contributed by atoms with Gasteiger partial charge in [0, 0.05) is 11.7 Å². The number of halogens is 2. The molecule has 0 N–H and O–H groups in total. The molecule has 0 saturated carbocycles. The Bertz CT molecular complexity index is 232. The molecule has 54 valence electrons. The maximum atomic E-state index is 12.6. The van der Waals surface area contributed by atoms with E-state index >= 15 is 0 Å². The van der Waals surface area contributed by atoms with Crippen LogP contribution in [0.15, 0.2) is 35.2 Å². The molecule has 1 rings (SSSR count). The lowest BCUT2D eigenvalue weighted by atomic mass is 10.1. The van der Waals surface area contributed by atoms with Crippen LogP contribution < -0.4 is 0 Å². The summed E-state index contributed by atoms with van der Waals surface area (Å²) in [5.74, 6) is -0.992. The second-order valence-electron chi connectivity index (χ2n) is 2.15. The third kappa shape index (κ3) is 1.32. The van der Waals surface area contributed by atoms with E-state index in [1.165, 1.54) is 6.08 Å². The molecule has 0 saturated heterocycles. The Morgan fingerprint density at radius 2 is 2.10 bits per heavy atom. The SMILES string of the molecule is C=C1C=C(F)C(P)=C(F)C1. The average Bonchev–Trinajstić information content (AvgIpc) is 1.82. The normalized spacial score (nSPS) is 19.5. The summed E-state index contributed by atoms with van der Waals surface area (Å²) in [6, 6.07) is 0. The van der Waals surface area contributed by atoms with Crippen LogP contribution in [0.3, 0.4) is 0 Å². The van der Waals surface area contributed by atoms with Crippen molar-refractivity contribution in [2.75, 3.05) is 0 Å². The fraction of sp³-hybridized carbons (Fsp3) is 0.143. The zero-order chi connectivity index (χ0) is 7.72. The maximum absolute atomic E-state index is 12.6. The zero-order valence-corrected chi connectivity index (χ0v) is 6.48. The molecule has 1 aliphatic rings. The molecule has 1 aliphatic carbocycles. The minimum Gasteiger partial charge on any atom is -0.211 e. The van der Waals surface area contributed by atoms with Crippen LogP contribution in [0.2, 0.25) is 0 Å². The largest absolute Gasteiger partial charge is 0.211 e. The molecule has 0 bridgehead atoms. The predicted octanol–water partition coefficient (Wildman–Crippen LogP) is 2.86. The standard InChI is InChI=1S/C7H7F2P/c1-4-2-5(8)7(10)6(9)3-4/h2H,1,3,10H2. The van der Waals surface area contributed by atoms with Crippen LogP contribution >= 0.6 is 9.24 Å². The van der Waals surface area contributed by atoms with E-state index in [0.717, 1.165) is 0 Å². The van der Waals surface area contributed by atoms with Crippen LogP contribution in [0, 0.1) is 0 Å². The van der Waals surface area contributed by atoms with E-state index in [4.69, 9.17) is 0 Å². The van der Waals surface area contributed by atoms with Crippen molar-refractivity contribution in [3.05, 3.63) is 35.2 Å². The Morgan fingerprint density at radius 3 is 2.60 bits per heavy atom. The van der Waals surface area contributed by atoms with Gasteiger partial charge in [-0.15, -0.1) is 0 Å². The molecule has 0 aromatic rings. The Labute approximate surface area is 60.5 Å². The van der Waals surface area contributed by atoms with Gasteiger partial charge in [-0.25, -0.2) is 8.78 Å². The van der Waals surface area contributed by atoms with Gasteiger partial charge in [0.2, 0.25) is 0 Å². The molecule has 0 fully saturated rings. The van der Waals surface area contributed by atoms with Crippen LogP contribution in [-0.4, -0.2) is 0 Å². The predicted molar refractivity (Wildman–Crippen MR) is 40.8 cm³/mol. The lowest BCUT2D eigenvalue weighted by molar-refractivity contribution is 0.579. The summed E-state index contributed by atoms with van der Waals surface area (Å²) < 4.78 is 25.2. The highest BCUT2D eigenvalue weighted by Crippen LogP contribution is 2.32. The summed E-state index contributed by atoms with van der Waals surface area (Å²) >= 11 is 0. The molecule has 0 spiro atoms. The van der Waals surface area contributed by atoms with Crippen LogP contribution in [0.4, 0.5) is 8.78 Å². The third-order valence-electron chi connectivity index (χ3n) is 1.26. The van der Waals surface area contributed by atoms with Crippen LogP contribution in [-0.2, 0) is 0 Å². The molecule has 0 nitrogen and oxygen atoms in total. The molecular formula is C7H7F2P. The summed E-state index contributed by atoms with van der Waals surface area (Å²) in [6.45, 7) is 3.45. The summed E-state index contributed by atoms with van der Waals surface area (Å²) in [4.78, 5) is 0. The zero-order valence-electron chi connectivity index (χ0n) is 5.32. The topological polar surface area (TPSA) is 0 Å². The minimum atomic E-state index is -0.543. The van der Waals surface area contributed by atoms with Gasteiger partial charge in [0.1, 0.15) is 11.7 Å². The van der Waals surface area contributed by atoms with Gasteiger partial charge < -0.3 is 0 Å². The molecule has 0 radical (unpaired) electrons. The fourth-order valence-electron chi connectivity index (χ4n) is 0.732. The molecule has 1 unspecified atom stereocenters. The van der Waals surface area contributed by atoms with E-state index < -0.39 is 11.7 Å². The Hall–Kier alpha value is -0.490. The van der Waals surface area contributed by atoms with Gasteiger partial charge in [-0.1, -0.05) is 15.8 Å². The second kappa shape index (κ2) is 2.63. The smallest absolute Gasteiger partial charge is 0.133 e. The van der Waals surface area contributed by atoms with Gasteiger partial charge in [-0.2, -0.15) is 0 Å². The van der Waals surface area contributed by atoms with E-state index in [1.54, 1.807) is 0 Å². The Balaban J connectivity index is 3.01. The first-order valence-electron chi connectivity index (χ1n) is 2.80. The molecule has 3 heteroatoms. The van der Waals surface area contributed by atoms with Gasteiger partial charge in [0.25, 0.3) is 0 Å². The lowest BCUT2D eigenvalue weighted by Crippen LogP contribution is -1.91. The van der Waals surface area contributed by atoms with E-state index in [1.807, 2.05) is 9.24 Å². The summed E-state index contributed by atoms with van der Waals surface area (Å²) in [5, 5.41) is 0.0207. The van der Waals surface area contributed by atoms with Gasteiger partial charge in [-0.05, 0) is 11.6 Å². The van der Waals surface area contributed by atoms with E-state index in [2.05, 4.69) is 6.58 Å². The van der Waals surface area contributed by atoms with Gasteiger partial charge >= 0.3 is 0 Å². The van der Waals surface area contributed by atoms with Crippen LogP contribution in [0.25, 0.3) is 0 Å². The Morgan fingerprint density at radius 1 is 1.50 bits per heavy atom. The van der Waals surface area contributed by atoms with Crippen molar-refractivity contribution in [2.45, 2.75) is 6.42 Å². The molecule has 0 aromatic heterocycles. The van der Waals surface area contributed by atoms with Crippen molar-refractivity contribution in [2.24, 2.45) is 0 Å². The third-order valence-corrected chi connectivity index (χ3v) is 1.85. The van der Waals surface area contributed by atoms with Gasteiger partial charge in [0.15, 0.2) is 0 Å². The first-order valence-corrected chi connectivity index (χ1v) is 3.38. The van der Waals surface area contributed by atoms with E-state index in [9.17, 15) is 8.78 Å². The molecule has 10 heavy (non-hydrogen) atoms. The lowest BCUT2D eigenvalue weighted by Gasteiger charge is -2.08. The van der Waals surface area contributed by atoms with Crippen molar-refractivity contribution in [3.63, 3.8) is 0 Å². The van der Waals surface area contributed by atoms with Crippen molar-refractivity contribution < 1.29 is 8.78 Å².